The topological polar surface area (TPSA) is 40.5 Å². The molecule has 3 rings (SSSR count). The van der Waals surface area contributed by atoms with Gasteiger partial charge in [0.1, 0.15) is 0 Å². The summed E-state index contributed by atoms with van der Waals surface area (Å²) in [4.78, 5) is 14.7. The molecule has 3 atom stereocenters. The molecule has 1 heterocycles. The number of piperidine rings is 1. The highest BCUT2D eigenvalue weighted by Crippen LogP contribution is 2.33. The van der Waals surface area contributed by atoms with Crippen molar-refractivity contribution in [2.75, 3.05) is 13.1 Å². The molecule has 0 spiro atoms. The van der Waals surface area contributed by atoms with Crippen molar-refractivity contribution in [3.05, 3.63) is 35.4 Å². The van der Waals surface area contributed by atoms with Crippen molar-refractivity contribution in [3.63, 3.8) is 0 Å². The highest BCUT2D eigenvalue weighted by atomic mass is 16.3. The van der Waals surface area contributed by atoms with Crippen molar-refractivity contribution in [1.82, 2.24) is 4.90 Å². The van der Waals surface area contributed by atoms with Gasteiger partial charge >= 0.3 is 0 Å². The molecule has 0 saturated carbocycles. The van der Waals surface area contributed by atoms with Gasteiger partial charge in [-0.1, -0.05) is 31.2 Å². The van der Waals surface area contributed by atoms with Crippen LogP contribution < -0.4 is 0 Å². The first-order valence-corrected chi connectivity index (χ1v) is 7.71. The monoisotopic (exact) mass is 273 g/mol. The molecule has 3 heteroatoms. The van der Waals surface area contributed by atoms with Crippen molar-refractivity contribution >= 4 is 5.91 Å². The molecule has 3 unspecified atom stereocenters. The number of amides is 1. The number of carbonyl (C=O) groups is 1. The molecule has 3 nitrogen and oxygen atoms in total. The van der Waals surface area contributed by atoms with E-state index in [1.54, 1.807) is 0 Å². The maximum atomic E-state index is 12.8. The van der Waals surface area contributed by atoms with Crippen molar-refractivity contribution in [2.45, 2.75) is 44.6 Å². The number of carbonyl (C=O) groups excluding carboxylic acids is 1. The molecule has 1 N–H and O–H groups in total. The van der Waals surface area contributed by atoms with Gasteiger partial charge in [0.25, 0.3) is 0 Å². The van der Waals surface area contributed by atoms with Crippen LogP contribution in [-0.4, -0.2) is 35.1 Å². The summed E-state index contributed by atoms with van der Waals surface area (Å²) in [5, 5.41) is 10.00. The van der Waals surface area contributed by atoms with E-state index in [0.29, 0.717) is 12.5 Å². The van der Waals surface area contributed by atoms with Gasteiger partial charge in [0.2, 0.25) is 5.91 Å². The summed E-state index contributed by atoms with van der Waals surface area (Å²) < 4.78 is 0. The Hall–Kier alpha value is -1.35. The number of fused-ring (bicyclic) bond motifs is 1. The first kappa shape index (κ1) is 13.6. The van der Waals surface area contributed by atoms with E-state index in [2.05, 4.69) is 25.1 Å². The molecule has 1 fully saturated rings. The summed E-state index contributed by atoms with van der Waals surface area (Å²) in [7, 11) is 0. The number of nitrogens with zero attached hydrogens (tertiary/aromatic N) is 1. The zero-order chi connectivity index (χ0) is 14.1. The summed E-state index contributed by atoms with van der Waals surface area (Å²) in [5.41, 5.74) is 2.53. The van der Waals surface area contributed by atoms with E-state index in [4.69, 9.17) is 0 Å². The van der Waals surface area contributed by atoms with E-state index in [-0.39, 0.29) is 17.9 Å². The van der Waals surface area contributed by atoms with Crippen LogP contribution >= 0.6 is 0 Å². The summed E-state index contributed by atoms with van der Waals surface area (Å²) in [6.07, 6.45) is 3.64. The average molecular weight is 273 g/mol. The van der Waals surface area contributed by atoms with Gasteiger partial charge < -0.3 is 10.0 Å². The van der Waals surface area contributed by atoms with Gasteiger partial charge in [0, 0.05) is 13.1 Å². The molecule has 20 heavy (non-hydrogen) atoms. The third-order valence-electron chi connectivity index (χ3n) is 4.90. The van der Waals surface area contributed by atoms with E-state index >= 15 is 0 Å². The first-order chi connectivity index (χ1) is 9.66. The molecule has 1 saturated heterocycles. The first-order valence-electron chi connectivity index (χ1n) is 7.71. The van der Waals surface area contributed by atoms with E-state index in [1.807, 2.05) is 11.0 Å². The smallest absolute Gasteiger partial charge is 0.230 e. The molecule has 1 aromatic carbocycles. The number of aliphatic hydroxyl groups is 1. The lowest BCUT2D eigenvalue weighted by Gasteiger charge is -2.37. The number of benzene rings is 1. The Morgan fingerprint density at radius 2 is 2.10 bits per heavy atom. The minimum atomic E-state index is -0.369. The van der Waals surface area contributed by atoms with Crippen molar-refractivity contribution in [1.29, 1.82) is 0 Å². The Morgan fingerprint density at radius 1 is 1.30 bits per heavy atom. The molecule has 1 aliphatic heterocycles. The van der Waals surface area contributed by atoms with Gasteiger partial charge in [-0.05, 0) is 42.7 Å². The maximum absolute atomic E-state index is 12.8. The van der Waals surface area contributed by atoms with Crippen LogP contribution in [0, 0.1) is 5.92 Å². The van der Waals surface area contributed by atoms with Gasteiger partial charge in [0.05, 0.1) is 12.0 Å². The van der Waals surface area contributed by atoms with Gasteiger partial charge in [-0.15, -0.1) is 0 Å². The van der Waals surface area contributed by atoms with Crippen LogP contribution in [0.2, 0.25) is 0 Å². The van der Waals surface area contributed by atoms with Crippen LogP contribution in [0.15, 0.2) is 24.3 Å². The number of β-amino-alcohol motifs (C(OH)–C–C–N with tert-alkyl or cyclic N) is 1. The normalized spacial score (nSPS) is 29.9. The molecule has 0 bridgehead atoms. The standard InChI is InChI=1S/C17H23NO2/c1-12-9-10-18(11-16(12)19)17(20)15-8-4-6-13-5-2-3-7-14(13)15/h2-3,5,7,12,15-16,19H,4,6,8-11H2,1H3. The Balaban J connectivity index is 1.78. The van der Waals surface area contributed by atoms with Gasteiger partial charge in [0.15, 0.2) is 0 Å². The highest BCUT2D eigenvalue weighted by Gasteiger charge is 2.33. The fourth-order valence-electron chi connectivity index (χ4n) is 3.48. The lowest BCUT2D eigenvalue weighted by Crippen LogP contribution is -2.47. The van der Waals surface area contributed by atoms with Gasteiger partial charge in [-0.2, -0.15) is 0 Å². The largest absolute Gasteiger partial charge is 0.391 e. The lowest BCUT2D eigenvalue weighted by atomic mass is 9.81. The molecule has 2 aliphatic rings. The minimum absolute atomic E-state index is 0.000515. The fourth-order valence-corrected chi connectivity index (χ4v) is 3.48. The summed E-state index contributed by atoms with van der Waals surface area (Å²) in [5.74, 6) is 0.515. The molecule has 1 amide bonds. The zero-order valence-electron chi connectivity index (χ0n) is 12.1. The Bertz CT molecular complexity index is 500. The van der Waals surface area contributed by atoms with Gasteiger partial charge in [-0.3, -0.25) is 4.79 Å². The molecular weight excluding hydrogens is 250 g/mol. The molecule has 0 aromatic heterocycles. The van der Waals surface area contributed by atoms with E-state index < -0.39 is 0 Å². The predicted molar refractivity (Wildman–Crippen MR) is 78.5 cm³/mol. The second-order valence-electron chi connectivity index (χ2n) is 6.26. The van der Waals surface area contributed by atoms with Crippen LogP contribution in [0.25, 0.3) is 0 Å². The Kier molecular flexibility index (Phi) is 3.79. The van der Waals surface area contributed by atoms with E-state index in [1.165, 1.54) is 11.1 Å². The number of hydrogen-bond acceptors (Lipinski definition) is 2. The van der Waals surface area contributed by atoms with E-state index in [9.17, 15) is 9.90 Å². The predicted octanol–water partition coefficient (Wildman–Crippen LogP) is 2.34. The number of likely N-dealkylation sites (tertiary alicyclic amines) is 1. The van der Waals surface area contributed by atoms with Gasteiger partial charge in [-0.25, -0.2) is 0 Å². The fraction of sp³-hybridized carbons (Fsp3) is 0.588. The average Bonchev–Trinajstić information content (AvgIpc) is 2.49. The Morgan fingerprint density at radius 3 is 2.90 bits per heavy atom. The summed E-state index contributed by atoms with van der Waals surface area (Å²) in [6, 6.07) is 8.32. The maximum Gasteiger partial charge on any atom is 0.230 e. The summed E-state index contributed by atoms with van der Waals surface area (Å²) in [6.45, 7) is 3.34. The van der Waals surface area contributed by atoms with Crippen molar-refractivity contribution < 1.29 is 9.90 Å². The Labute approximate surface area is 120 Å². The van der Waals surface area contributed by atoms with Crippen molar-refractivity contribution in [3.8, 4) is 0 Å². The van der Waals surface area contributed by atoms with Crippen LogP contribution in [0.3, 0.4) is 0 Å². The third-order valence-corrected chi connectivity index (χ3v) is 4.90. The van der Waals surface area contributed by atoms with Crippen LogP contribution in [0.5, 0.6) is 0 Å². The quantitative estimate of drug-likeness (QED) is 0.853. The third kappa shape index (κ3) is 2.47. The SMILES string of the molecule is CC1CCN(C(=O)C2CCCc3ccccc32)CC1O. The second-order valence-corrected chi connectivity index (χ2v) is 6.26. The van der Waals surface area contributed by atoms with Crippen molar-refractivity contribution in [2.24, 2.45) is 5.92 Å². The molecule has 1 aromatic rings. The van der Waals surface area contributed by atoms with Crippen LogP contribution in [0.4, 0.5) is 0 Å². The number of rotatable bonds is 1. The summed E-state index contributed by atoms with van der Waals surface area (Å²) >= 11 is 0. The second kappa shape index (κ2) is 5.57. The highest BCUT2D eigenvalue weighted by molar-refractivity contribution is 5.84. The molecule has 1 aliphatic carbocycles. The number of aliphatic hydroxyl groups excluding tert-OH is 1. The molecular formula is C17H23NO2. The zero-order valence-corrected chi connectivity index (χ0v) is 12.1. The van der Waals surface area contributed by atoms with E-state index in [0.717, 1.165) is 32.2 Å². The molecule has 0 radical (unpaired) electrons. The number of hydrogen-bond donors (Lipinski definition) is 1. The molecule has 108 valence electrons. The minimum Gasteiger partial charge on any atom is -0.391 e. The van der Waals surface area contributed by atoms with Crippen LogP contribution in [0.1, 0.15) is 43.2 Å². The number of aryl methyl sites for hydroxylation is 1. The van der Waals surface area contributed by atoms with Crippen LogP contribution in [-0.2, 0) is 11.2 Å². The lowest BCUT2D eigenvalue weighted by molar-refractivity contribution is -0.137.